The van der Waals surface area contributed by atoms with E-state index in [4.69, 9.17) is 5.11 Å². The smallest absolute Gasteiger partial charge is 0.416 e. The minimum absolute atomic E-state index is 0.00266. The lowest BCUT2D eigenvalue weighted by molar-refractivity contribution is -0.139. The van der Waals surface area contributed by atoms with E-state index in [-0.39, 0.29) is 50.4 Å². The van der Waals surface area contributed by atoms with Gasteiger partial charge in [0.1, 0.15) is 0 Å². The average molecular weight is 387 g/mol. The summed E-state index contributed by atoms with van der Waals surface area (Å²) in [5, 5.41) is 13.6. The molecule has 1 saturated heterocycles. The molecule has 1 atom stereocenters. The van der Waals surface area contributed by atoms with Crippen LogP contribution in [0.4, 0.5) is 18.0 Å². The second-order valence-corrected chi connectivity index (χ2v) is 6.23. The van der Waals surface area contributed by atoms with Gasteiger partial charge in [0.15, 0.2) is 0 Å². The number of benzene rings is 1. The third-order valence-electron chi connectivity index (χ3n) is 4.09. The van der Waals surface area contributed by atoms with Gasteiger partial charge in [-0.25, -0.2) is 4.79 Å². The standard InChI is InChI=1S/C17H20F3N3O4/c18-17(19,20)13-5-2-1-4-11(13)9-23-10-12(8-14(23)24)22-16(27)21-7-3-6-15(25)26/h1-2,4-5,12H,3,6-10H2,(H,25,26)(H2,21,22,27). The van der Waals surface area contributed by atoms with Crippen molar-refractivity contribution in [2.75, 3.05) is 13.1 Å². The van der Waals surface area contributed by atoms with Crippen LogP contribution in [0.15, 0.2) is 24.3 Å². The van der Waals surface area contributed by atoms with Crippen LogP contribution in [0.1, 0.15) is 30.4 Å². The number of aliphatic carboxylic acids is 1. The van der Waals surface area contributed by atoms with E-state index in [1.165, 1.54) is 23.1 Å². The Morgan fingerprint density at radius 1 is 1.26 bits per heavy atom. The number of carbonyl (C=O) groups excluding carboxylic acids is 2. The maximum atomic E-state index is 13.1. The molecule has 148 valence electrons. The number of hydrogen-bond donors (Lipinski definition) is 3. The Morgan fingerprint density at radius 3 is 2.63 bits per heavy atom. The van der Waals surface area contributed by atoms with Crippen LogP contribution < -0.4 is 10.6 Å². The topological polar surface area (TPSA) is 98.7 Å². The van der Waals surface area contributed by atoms with Crippen LogP contribution >= 0.6 is 0 Å². The van der Waals surface area contributed by atoms with Crippen molar-refractivity contribution in [2.24, 2.45) is 0 Å². The fraction of sp³-hybridized carbons (Fsp3) is 0.471. The highest BCUT2D eigenvalue weighted by molar-refractivity contribution is 5.81. The van der Waals surface area contributed by atoms with E-state index in [0.717, 1.165) is 6.07 Å². The van der Waals surface area contributed by atoms with Gasteiger partial charge in [-0.3, -0.25) is 9.59 Å². The molecule has 0 bridgehead atoms. The third kappa shape index (κ3) is 6.15. The van der Waals surface area contributed by atoms with Crippen molar-refractivity contribution in [3.8, 4) is 0 Å². The first-order chi connectivity index (χ1) is 12.7. The molecule has 1 aromatic carbocycles. The Balaban J connectivity index is 1.87. The Bertz CT molecular complexity index is 709. The number of carboxylic acid groups (broad SMARTS) is 1. The first-order valence-electron chi connectivity index (χ1n) is 8.36. The predicted molar refractivity (Wildman–Crippen MR) is 88.7 cm³/mol. The summed E-state index contributed by atoms with van der Waals surface area (Å²) >= 11 is 0. The summed E-state index contributed by atoms with van der Waals surface area (Å²) in [7, 11) is 0. The molecule has 0 aromatic heterocycles. The molecule has 1 fully saturated rings. The van der Waals surface area contributed by atoms with Crippen LogP contribution in [0.3, 0.4) is 0 Å². The van der Waals surface area contributed by atoms with E-state index in [1.807, 2.05) is 0 Å². The quantitative estimate of drug-likeness (QED) is 0.623. The summed E-state index contributed by atoms with van der Waals surface area (Å²) in [5.74, 6) is -1.31. The summed E-state index contributed by atoms with van der Waals surface area (Å²) in [6.45, 7) is 0.0853. The lowest BCUT2D eigenvalue weighted by Crippen LogP contribution is -2.43. The number of halogens is 3. The van der Waals surface area contributed by atoms with Crippen molar-refractivity contribution in [1.82, 2.24) is 15.5 Å². The van der Waals surface area contributed by atoms with E-state index in [1.54, 1.807) is 0 Å². The third-order valence-corrected chi connectivity index (χ3v) is 4.09. The molecule has 0 aliphatic carbocycles. The first-order valence-corrected chi connectivity index (χ1v) is 8.36. The number of amides is 3. The fourth-order valence-electron chi connectivity index (χ4n) is 2.84. The van der Waals surface area contributed by atoms with Gasteiger partial charge in [0.25, 0.3) is 0 Å². The van der Waals surface area contributed by atoms with Gasteiger partial charge in [-0.2, -0.15) is 13.2 Å². The number of rotatable bonds is 7. The molecule has 1 aliphatic heterocycles. The number of urea groups is 1. The molecule has 1 aliphatic rings. The van der Waals surface area contributed by atoms with E-state index < -0.39 is 29.8 Å². The Morgan fingerprint density at radius 2 is 1.96 bits per heavy atom. The van der Waals surface area contributed by atoms with Crippen molar-refractivity contribution in [2.45, 2.75) is 38.0 Å². The first kappa shape index (κ1) is 20.5. The van der Waals surface area contributed by atoms with Crippen molar-refractivity contribution >= 4 is 17.9 Å². The second-order valence-electron chi connectivity index (χ2n) is 6.23. The minimum Gasteiger partial charge on any atom is -0.481 e. The van der Waals surface area contributed by atoms with E-state index in [2.05, 4.69) is 10.6 Å². The van der Waals surface area contributed by atoms with Gasteiger partial charge in [-0.15, -0.1) is 0 Å². The van der Waals surface area contributed by atoms with Crippen LogP contribution in [0, 0.1) is 0 Å². The summed E-state index contributed by atoms with van der Waals surface area (Å²) in [6, 6.07) is 4.00. The zero-order chi connectivity index (χ0) is 20.0. The van der Waals surface area contributed by atoms with E-state index in [9.17, 15) is 27.6 Å². The lowest BCUT2D eigenvalue weighted by Gasteiger charge is -2.20. The summed E-state index contributed by atoms with van der Waals surface area (Å²) in [6.07, 6.45) is -4.31. The maximum absolute atomic E-state index is 13.1. The zero-order valence-corrected chi connectivity index (χ0v) is 14.4. The molecule has 10 heteroatoms. The van der Waals surface area contributed by atoms with Crippen molar-refractivity contribution in [3.05, 3.63) is 35.4 Å². The summed E-state index contributed by atoms with van der Waals surface area (Å²) in [4.78, 5) is 35.5. The van der Waals surface area contributed by atoms with Crippen molar-refractivity contribution in [3.63, 3.8) is 0 Å². The molecule has 3 amide bonds. The number of nitrogens with zero attached hydrogens (tertiary/aromatic N) is 1. The van der Waals surface area contributed by atoms with Crippen molar-refractivity contribution < 1.29 is 32.7 Å². The van der Waals surface area contributed by atoms with E-state index in [0.29, 0.717) is 0 Å². The number of carbonyl (C=O) groups is 3. The number of hydrogen-bond acceptors (Lipinski definition) is 3. The van der Waals surface area contributed by atoms with Crippen LogP contribution in [0.25, 0.3) is 0 Å². The highest BCUT2D eigenvalue weighted by atomic mass is 19.4. The molecule has 1 aromatic rings. The molecular weight excluding hydrogens is 367 g/mol. The predicted octanol–water partition coefficient (Wildman–Crippen LogP) is 1.97. The SMILES string of the molecule is O=C(O)CCCNC(=O)NC1CC(=O)N(Cc2ccccc2C(F)(F)F)C1. The van der Waals surface area contributed by atoms with Crippen LogP contribution in [-0.4, -0.2) is 47.0 Å². The van der Waals surface area contributed by atoms with Gasteiger partial charge in [0.05, 0.1) is 11.6 Å². The van der Waals surface area contributed by atoms with Crippen LogP contribution in [-0.2, 0) is 22.3 Å². The minimum atomic E-state index is -4.51. The molecule has 2 rings (SSSR count). The molecule has 0 radical (unpaired) electrons. The monoisotopic (exact) mass is 387 g/mol. The number of likely N-dealkylation sites (tertiary alicyclic amines) is 1. The van der Waals surface area contributed by atoms with Crippen LogP contribution in [0.5, 0.6) is 0 Å². The fourth-order valence-corrected chi connectivity index (χ4v) is 2.84. The normalized spacial score (nSPS) is 17.1. The Labute approximate surface area is 153 Å². The molecule has 1 unspecified atom stereocenters. The Kier molecular flexibility index (Phi) is 6.65. The van der Waals surface area contributed by atoms with E-state index >= 15 is 0 Å². The molecular formula is C17H20F3N3O4. The highest BCUT2D eigenvalue weighted by Gasteiger charge is 2.35. The Hall–Kier alpha value is -2.78. The number of alkyl halides is 3. The summed E-state index contributed by atoms with van der Waals surface area (Å²) < 4.78 is 39.2. The molecule has 7 nitrogen and oxygen atoms in total. The number of nitrogens with one attached hydrogen (secondary N) is 2. The maximum Gasteiger partial charge on any atom is 0.416 e. The van der Waals surface area contributed by atoms with Gasteiger partial charge in [0.2, 0.25) is 5.91 Å². The van der Waals surface area contributed by atoms with Gasteiger partial charge >= 0.3 is 18.2 Å². The van der Waals surface area contributed by atoms with Gasteiger partial charge in [0, 0.05) is 32.5 Å². The highest BCUT2D eigenvalue weighted by Crippen LogP contribution is 2.32. The van der Waals surface area contributed by atoms with Gasteiger partial charge in [-0.05, 0) is 18.1 Å². The molecule has 27 heavy (non-hydrogen) atoms. The average Bonchev–Trinajstić information content (AvgIpc) is 2.90. The van der Waals surface area contributed by atoms with Crippen molar-refractivity contribution in [1.29, 1.82) is 0 Å². The molecule has 3 N–H and O–H groups in total. The number of carboxylic acids is 1. The molecule has 0 saturated carbocycles. The second kappa shape index (κ2) is 8.74. The molecule has 1 heterocycles. The molecule has 0 spiro atoms. The largest absolute Gasteiger partial charge is 0.481 e. The van der Waals surface area contributed by atoms with Crippen LogP contribution in [0.2, 0.25) is 0 Å². The van der Waals surface area contributed by atoms with Gasteiger partial charge in [-0.1, -0.05) is 18.2 Å². The zero-order valence-electron chi connectivity index (χ0n) is 14.4. The summed E-state index contributed by atoms with van der Waals surface area (Å²) in [5.41, 5.74) is -0.789. The van der Waals surface area contributed by atoms with Gasteiger partial charge < -0.3 is 20.6 Å². The lowest BCUT2D eigenvalue weighted by atomic mass is 10.1.